The minimum atomic E-state index is 0.899. The minimum absolute atomic E-state index is 0.899. The fourth-order valence-electron chi connectivity index (χ4n) is 6.50. The monoisotopic (exact) mass is 446 g/mol. The van der Waals surface area contributed by atoms with E-state index in [0.29, 0.717) is 0 Å². The van der Waals surface area contributed by atoms with Crippen LogP contribution in [-0.2, 0) is 12.8 Å². The van der Waals surface area contributed by atoms with Gasteiger partial charge in [0.15, 0.2) is 5.65 Å². The molecule has 0 N–H and O–H groups in total. The molecule has 0 saturated heterocycles. The lowest BCUT2D eigenvalue weighted by Crippen LogP contribution is -1.94. The minimum Gasteiger partial charge on any atom is -0.289 e. The molecule has 4 heteroatoms. The number of rotatable bonds is 0. The van der Waals surface area contributed by atoms with Crippen molar-refractivity contribution >= 4 is 38.6 Å². The lowest BCUT2D eigenvalue weighted by atomic mass is 9.96. The van der Waals surface area contributed by atoms with Crippen LogP contribution in [0, 0.1) is 0 Å². The Morgan fingerprint density at radius 2 is 1.26 bits per heavy atom. The van der Waals surface area contributed by atoms with Gasteiger partial charge in [-0.25, -0.2) is 4.98 Å². The summed E-state index contributed by atoms with van der Waals surface area (Å²) in [6, 6.07) is 26.2. The first-order chi connectivity index (χ1) is 17.4. The number of benzene rings is 3. The molecule has 7 aromatic rings. The Morgan fingerprint density at radius 1 is 0.543 bits per heavy atom. The Balaban J connectivity index is 1.36. The molecule has 0 amide bonds. The summed E-state index contributed by atoms with van der Waals surface area (Å²) in [4.78, 5) is 14.7. The largest absolute Gasteiger partial charge is 0.289 e. The first-order valence-corrected chi connectivity index (χ1v) is 12.1. The van der Waals surface area contributed by atoms with Crippen molar-refractivity contribution in [2.24, 2.45) is 0 Å². The summed E-state index contributed by atoms with van der Waals surface area (Å²) in [5.74, 6) is 0. The van der Waals surface area contributed by atoms with Crippen LogP contribution in [-0.4, -0.2) is 19.4 Å². The predicted molar refractivity (Wildman–Crippen MR) is 140 cm³/mol. The number of hydrogen-bond acceptors (Lipinski definition) is 3. The second kappa shape index (κ2) is 6.10. The van der Waals surface area contributed by atoms with Crippen molar-refractivity contribution in [3.8, 4) is 22.3 Å². The fraction of sp³-hybridized carbons (Fsp3) is 0.0645. The normalized spacial score (nSPS) is 13.5. The van der Waals surface area contributed by atoms with E-state index < -0.39 is 0 Å². The molecular weight excluding hydrogens is 428 g/mol. The third-order valence-electron chi connectivity index (χ3n) is 7.98. The number of pyridine rings is 3. The van der Waals surface area contributed by atoms with Crippen LogP contribution in [0.25, 0.3) is 60.9 Å². The summed E-state index contributed by atoms with van der Waals surface area (Å²) in [6.07, 6.45) is 5.64. The third-order valence-corrected chi connectivity index (χ3v) is 7.98. The summed E-state index contributed by atoms with van der Waals surface area (Å²) in [5.41, 5.74) is 17.2. The lowest BCUT2D eigenvalue weighted by Gasteiger charge is -2.08. The molecule has 4 aromatic heterocycles. The maximum absolute atomic E-state index is 5.25. The Hall–Kier alpha value is -4.57. The molecule has 0 spiro atoms. The summed E-state index contributed by atoms with van der Waals surface area (Å²) < 4.78 is 2.25. The van der Waals surface area contributed by atoms with Gasteiger partial charge >= 0.3 is 0 Å². The molecule has 2 aliphatic rings. The average Bonchev–Trinajstić information content (AvgIpc) is 3.60. The molecule has 0 radical (unpaired) electrons. The molecule has 0 bridgehead atoms. The first-order valence-electron chi connectivity index (χ1n) is 12.1. The summed E-state index contributed by atoms with van der Waals surface area (Å²) >= 11 is 0. The van der Waals surface area contributed by atoms with Crippen molar-refractivity contribution in [1.82, 2.24) is 19.4 Å². The van der Waals surface area contributed by atoms with E-state index in [4.69, 9.17) is 15.0 Å². The number of imidazole rings is 1. The molecule has 4 heterocycles. The molecule has 0 aliphatic heterocycles. The molecule has 2 aliphatic carbocycles. The van der Waals surface area contributed by atoms with Crippen LogP contribution >= 0.6 is 0 Å². The van der Waals surface area contributed by atoms with Crippen LogP contribution in [0.5, 0.6) is 0 Å². The van der Waals surface area contributed by atoms with Gasteiger partial charge in [-0.05, 0) is 81.3 Å². The van der Waals surface area contributed by atoms with Crippen LogP contribution in [0.3, 0.4) is 0 Å². The number of fused-ring (bicyclic) bond motifs is 16. The number of nitrogens with zero attached hydrogens (tertiary/aromatic N) is 4. The average molecular weight is 447 g/mol. The summed E-state index contributed by atoms with van der Waals surface area (Å²) in [7, 11) is 0. The highest BCUT2D eigenvalue weighted by atomic mass is 15.0. The van der Waals surface area contributed by atoms with Crippen molar-refractivity contribution in [2.45, 2.75) is 12.8 Å². The molecular formula is C31H18N4. The molecule has 4 nitrogen and oxygen atoms in total. The smallest absolute Gasteiger partial charge is 0.165 e. The van der Waals surface area contributed by atoms with Crippen molar-refractivity contribution < 1.29 is 0 Å². The topological polar surface area (TPSA) is 43.1 Å². The van der Waals surface area contributed by atoms with Crippen LogP contribution < -0.4 is 0 Å². The van der Waals surface area contributed by atoms with E-state index in [9.17, 15) is 0 Å². The van der Waals surface area contributed by atoms with Gasteiger partial charge < -0.3 is 0 Å². The Labute approximate surface area is 200 Å². The van der Waals surface area contributed by atoms with E-state index in [0.717, 1.165) is 51.5 Å². The van der Waals surface area contributed by atoms with Crippen molar-refractivity contribution in [3.63, 3.8) is 0 Å². The number of hydrogen-bond donors (Lipinski definition) is 0. The Bertz CT molecular complexity index is 2070. The van der Waals surface area contributed by atoms with Crippen molar-refractivity contribution in [3.05, 3.63) is 107 Å². The van der Waals surface area contributed by atoms with Crippen molar-refractivity contribution in [2.75, 3.05) is 0 Å². The maximum Gasteiger partial charge on any atom is 0.165 e. The second-order valence-electron chi connectivity index (χ2n) is 9.63. The molecule has 35 heavy (non-hydrogen) atoms. The molecule has 0 saturated carbocycles. The van der Waals surface area contributed by atoms with E-state index in [1.165, 1.54) is 44.5 Å². The maximum atomic E-state index is 5.25. The van der Waals surface area contributed by atoms with E-state index in [2.05, 4.69) is 65.1 Å². The molecule has 0 atom stereocenters. The van der Waals surface area contributed by atoms with Gasteiger partial charge in [0.2, 0.25) is 0 Å². The SMILES string of the molecule is c1ccc2c(c1)Cc1c-2ccc2c1Cc1c-2ccc2c1nc1c3ncccc3c3ncccc3n21. The van der Waals surface area contributed by atoms with Crippen molar-refractivity contribution in [1.29, 1.82) is 0 Å². The molecule has 162 valence electrons. The summed E-state index contributed by atoms with van der Waals surface area (Å²) in [5, 5.41) is 1.04. The Kier molecular flexibility index (Phi) is 3.11. The Morgan fingerprint density at radius 3 is 2.20 bits per heavy atom. The quantitative estimate of drug-likeness (QED) is 0.243. The molecule has 0 unspecified atom stereocenters. The highest BCUT2D eigenvalue weighted by Gasteiger charge is 2.30. The van der Waals surface area contributed by atoms with Gasteiger partial charge in [0, 0.05) is 24.2 Å². The molecule has 0 fully saturated rings. The highest BCUT2D eigenvalue weighted by molar-refractivity contribution is 6.11. The summed E-state index contributed by atoms with van der Waals surface area (Å²) in [6.45, 7) is 0. The highest BCUT2D eigenvalue weighted by Crippen LogP contribution is 2.48. The van der Waals surface area contributed by atoms with Gasteiger partial charge in [0.25, 0.3) is 0 Å². The van der Waals surface area contributed by atoms with Gasteiger partial charge in [-0.3, -0.25) is 14.4 Å². The lowest BCUT2D eigenvalue weighted by molar-refractivity contribution is 1.17. The second-order valence-corrected chi connectivity index (χ2v) is 9.63. The zero-order valence-electron chi connectivity index (χ0n) is 18.8. The van der Waals surface area contributed by atoms with Gasteiger partial charge in [-0.2, -0.15) is 0 Å². The fourth-order valence-corrected chi connectivity index (χ4v) is 6.50. The van der Waals surface area contributed by atoms with Gasteiger partial charge in [-0.1, -0.05) is 42.5 Å². The van der Waals surface area contributed by atoms with Crippen LogP contribution in [0.4, 0.5) is 0 Å². The number of aromatic nitrogens is 4. The van der Waals surface area contributed by atoms with Gasteiger partial charge in [0.1, 0.15) is 5.52 Å². The van der Waals surface area contributed by atoms with Crippen LogP contribution in [0.2, 0.25) is 0 Å². The van der Waals surface area contributed by atoms with E-state index >= 15 is 0 Å². The molecule has 3 aromatic carbocycles. The van der Waals surface area contributed by atoms with Gasteiger partial charge in [0.05, 0.1) is 22.1 Å². The van der Waals surface area contributed by atoms with Crippen LogP contribution in [0.15, 0.2) is 85.2 Å². The zero-order valence-corrected chi connectivity index (χ0v) is 18.8. The van der Waals surface area contributed by atoms with E-state index in [-0.39, 0.29) is 0 Å². The van der Waals surface area contributed by atoms with Crippen LogP contribution in [0.1, 0.15) is 22.3 Å². The zero-order chi connectivity index (χ0) is 22.7. The van der Waals surface area contributed by atoms with E-state index in [1.807, 2.05) is 24.5 Å². The molecule has 9 rings (SSSR count). The first kappa shape index (κ1) is 17.8. The van der Waals surface area contributed by atoms with Gasteiger partial charge in [-0.15, -0.1) is 0 Å². The predicted octanol–water partition coefficient (Wildman–Crippen LogP) is 6.73. The van der Waals surface area contributed by atoms with E-state index in [1.54, 1.807) is 0 Å². The third kappa shape index (κ3) is 2.11. The standard InChI is InChI=1S/C31H18N4/c1-2-6-18-17(5-1)15-23-19(18)9-10-20-21-11-12-27-29(25(21)16-24(20)23)34-31-30-22(7-3-13-33-30)28-26(35(27)31)8-4-14-32-28/h1-14H,15-16H2.